The zero-order chi connectivity index (χ0) is 22.3. The minimum Gasteiger partial charge on any atom is -0.302 e. The number of thiazole rings is 1. The van der Waals surface area contributed by atoms with Crippen molar-refractivity contribution in [1.29, 1.82) is 0 Å². The first-order valence-corrected chi connectivity index (χ1v) is 12.3. The number of carbonyl (C=O) groups is 1. The van der Waals surface area contributed by atoms with Gasteiger partial charge in [0.25, 0.3) is 10.0 Å². The molecule has 32 heavy (non-hydrogen) atoms. The van der Waals surface area contributed by atoms with Gasteiger partial charge in [-0.1, -0.05) is 23.5 Å². The highest BCUT2D eigenvalue weighted by Crippen LogP contribution is 2.48. The van der Waals surface area contributed by atoms with Crippen LogP contribution in [0.5, 0.6) is 0 Å². The van der Waals surface area contributed by atoms with Gasteiger partial charge in [0.15, 0.2) is 5.13 Å². The lowest BCUT2D eigenvalue weighted by Gasteiger charge is -2.08. The Kier molecular flexibility index (Phi) is 5.10. The van der Waals surface area contributed by atoms with Crippen LogP contribution in [0, 0.1) is 12.8 Å². The molecule has 3 heterocycles. The fourth-order valence-electron chi connectivity index (χ4n) is 3.62. The van der Waals surface area contributed by atoms with Gasteiger partial charge in [0, 0.05) is 24.5 Å². The van der Waals surface area contributed by atoms with Crippen molar-refractivity contribution < 1.29 is 13.2 Å². The SMILES string of the molecule is Cc1cncc2sc(NC(=O)C3CC3c3ccc(S(=O)(=O)Nc4cccnc4)cc3)nc12. The molecule has 0 aliphatic heterocycles. The maximum atomic E-state index is 12.7. The summed E-state index contributed by atoms with van der Waals surface area (Å²) in [7, 11) is -3.70. The largest absolute Gasteiger partial charge is 0.302 e. The standard InChI is InChI=1S/C22H19N5O3S2/c1-13-10-24-12-19-20(13)25-22(31-19)26-21(28)18-9-17(18)14-4-6-16(7-5-14)32(29,30)27-15-3-2-8-23-11-15/h2-8,10-12,17-18,27H,9H2,1H3,(H,25,26,28). The Labute approximate surface area is 188 Å². The highest BCUT2D eigenvalue weighted by atomic mass is 32.2. The van der Waals surface area contributed by atoms with Crippen molar-refractivity contribution >= 4 is 48.3 Å². The third-order valence-electron chi connectivity index (χ3n) is 5.38. The Balaban J connectivity index is 1.24. The molecule has 1 aromatic carbocycles. The van der Waals surface area contributed by atoms with E-state index in [1.54, 1.807) is 55.0 Å². The maximum Gasteiger partial charge on any atom is 0.261 e. The monoisotopic (exact) mass is 465 g/mol. The number of hydrogen-bond acceptors (Lipinski definition) is 7. The molecule has 8 nitrogen and oxygen atoms in total. The van der Waals surface area contributed by atoms with E-state index in [0.29, 0.717) is 10.8 Å². The molecular weight excluding hydrogens is 446 g/mol. The molecular formula is C22H19N5O3S2. The van der Waals surface area contributed by atoms with Crippen LogP contribution in [0.2, 0.25) is 0 Å². The van der Waals surface area contributed by atoms with Crippen molar-refractivity contribution in [1.82, 2.24) is 15.0 Å². The van der Waals surface area contributed by atoms with Crippen molar-refractivity contribution in [2.24, 2.45) is 5.92 Å². The van der Waals surface area contributed by atoms with Crippen molar-refractivity contribution in [2.75, 3.05) is 10.0 Å². The molecule has 0 saturated heterocycles. The molecule has 1 saturated carbocycles. The molecule has 1 fully saturated rings. The molecule has 4 aromatic rings. The van der Waals surface area contributed by atoms with Gasteiger partial charge >= 0.3 is 0 Å². The number of benzene rings is 1. The van der Waals surface area contributed by atoms with Crippen molar-refractivity contribution in [3.8, 4) is 0 Å². The fraction of sp³-hybridized carbons (Fsp3) is 0.182. The third kappa shape index (κ3) is 4.06. The van der Waals surface area contributed by atoms with Gasteiger partial charge < -0.3 is 5.32 Å². The number of carbonyl (C=O) groups excluding carboxylic acids is 1. The van der Waals surface area contributed by atoms with E-state index < -0.39 is 10.0 Å². The summed E-state index contributed by atoms with van der Waals surface area (Å²) in [6.45, 7) is 1.94. The number of nitrogens with one attached hydrogen (secondary N) is 2. The first kappa shape index (κ1) is 20.5. The van der Waals surface area contributed by atoms with E-state index in [-0.39, 0.29) is 22.6 Å². The quantitative estimate of drug-likeness (QED) is 0.446. The molecule has 2 unspecified atom stereocenters. The number of pyridine rings is 2. The molecule has 2 N–H and O–H groups in total. The molecule has 0 radical (unpaired) electrons. The summed E-state index contributed by atoms with van der Waals surface area (Å²) in [4.78, 5) is 25.4. The number of anilines is 2. The van der Waals surface area contributed by atoms with E-state index in [1.165, 1.54) is 17.5 Å². The summed E-state index contributed by atoms with van der Waals surface area (Å²) < 4.78 is 28.6. The third-order valence-corrected chi connectivity index (χ3v) is 7.68. The van der Waals surface area contributed by atoms with Crippen LogP contribution in [-0.4, -0.2) is 29.3 Å². The van der Waals surface area contributed by atoms with E-state index >= 15 is 0 Å². The average Bonchev–Trinajstić information content (AvgIpc) is 3.48. The highest BCUT2D eigenvalue weighted by Gasteiger charge is 2.44. The summed E-state index contributed by atoms with van der Waals surface area (Å²) >= 11 is 1.40. The topological polar surface area (TPSA) is 114 Å². The lowest BCUT2D eigenvalue weighted by atomic mass is 10.1. The molecule has 1 amide bonds. The molecule has 0 spiro atoms. The number of sulfonamides is 1. The minimum atomic E-state index is -3.70. The molecule has 1 aliphatic rings. The number of aryl methyl sites for hydroxylation is 1. The molecule has 0 bridgehead atoms. The smallest absolute Gasteiger partial charge is 0.261 e. The fourth-order valence-corrected chi connectivity index (χ4v) is 5.57. The Morgan fingerprint density at radius 2 is 1.91 bits per heavy atom. The van der Waals surface area contributed by atoms with Crippen LogP contribution in [0.25, 0.3) is 10.2 Å². The Morgan fingerprint density at radius 1 is 1.09 bits per heavy atom. The van der Waals surface area contributed by atoms with Gasteiger partial charge in [0.05, 0.1) is 27.0 Å². The van der Waals surface area contributed by atoms with Crippen LogP contribution in [-0.2, 0) is 14.8 Å². The normalized spacial score (nSPS) is 17.8. The predicted octanol–water partition coefficient (Wildman–Crippen LogP) is 3.94. The summed E-state index contributed by atoms with van der Waals surface area (Å²) in [5, 5.41) is 3.48. The van der Waals surface area contributed by atoms with Gasteiger partial charge in [0.2, 0.25) is 5.91 Å². The zero-order valence-corrected chi connectivity index (χ0v) is 18.7. The molecule has 5 rings (SSSR count). The Morgan fingerprint density at radius 3 is 2.62 bits per heavy atom. The number of aromatic nitrogens is 3. The molecule has 2 atom stereocenters. The number of rotatable bonds is 6. The number of nitrogens with zero attached hydrogens (tertiary/aromatic N) is 3. The van der Waals surface area contributed by atoms with Gasteiger partial charge in [0.1, 0.15) is 0 Å². The maximum absolute atomic E-state index is 12.7. The highest BCUT2D eigenvalue weighted by molar-refractivity contribution is 7.92. The van der Waals surface area contributed by atoms with Crippen LogP contribution in [0.15, 0.2) is 66.1 Å². The van der Waals surface area contributed by atoms with E-state index in [1.807, 2.05) is 6.92 Å². The van der Waals surface area contributed by atoms with Crippen LogP contribution in [0.3, 0.4) is 0 Å². The second-order valence-electron chi connectivity index (χ2n) is 7.68. The van der Waals surface area contributed by atoms with Crippen LogP contribution >= 0.6 is 11.3 Å². The molecule has 10 heteroatoms. The summed E-state index contributed by atoms with van der Waals surface area (Å²) in [5.74, 6) is -0.164. The van der Waals surface area contributed by atoms with Crippen molar-refractivity contribution in [3.05, 3.63) is 72.3 Å². The van der Waals surface area contributed by atoms with E-state index in [0.717, 1.165) is 27.8 Å². The van der Waals surface area contributed by atoms with Crippen LogP contribution in [0.1, 0.15) is 23.5 Å². The minimum absolute atomic E-state index is 0.0656. The van der Waals surface area contributed by atoms with Gasteiger partial charge in [-0.15, -0.1) is 0 Å². The summed E-state index contributed by atoms with van der Waals surface area (Å²) in [5.41, 5.74) is 3.16. The van der Waals surface area contributed by atoms with Crippen LogP contribution < -0.4 is 10.0 Å². The van der Waals surface area contributed by atoms with E-state index in [9.17, 15) is 13.2 Å². The van der Waals surface area contributed by atoms with Crippen molar-refractivity contribution in [2.45, 2.75) is 24.2 Å². The summed E-state index contributed by atoms with van der Waals surface area (Å²) in [6, 6.07) is 9.95. The lowest BCUT2D eigenvalue weighted by molar-refractivity contribution is -0.117. The van der Waals surface area contributed by atoms with E-state index in [2.05, 4.69) is 25.0 Å². The summed E-state index contributed by atoms with van der Waals surface area (Å²) in [6.07, 6.45) is 7.23. The number of amides is 1. The lowest BCUT2D eigenvalue weighted by Crippen LogP contribution is -2.14. The Hall–Kier alpha value is -3.37. The van der Waals surface area contributed by atoms with Gasteiger partial charge in [-0.2, -0.15) is 0 Å². The Bertz CT molecular complexity index is 1400. The first-order valence-electron chi connectivity index (χ1n) is 9.95. The average molecular weight is 466 g/mol. The first-order chi connectivity index (χ1) is 15.4. The predicted molar refractivity (Wildman–Crippen MR) is 123 cm³/mol. The zero-order valence-electron chi connectivity index (χ0n) is 17.0. The van der Waals surface area contributed by atoms with Gasteiger partial charge in [-0.25, -0.2) is 13.4 Å². The number of hydrogen-bond donors (Lipinski definition) is 2. The number of fused-ring (bicyclic) bond motifs is 1. The van der Waals surface area contributed by atoms with E-state index in [4.69, 9.17) is 0 Å². The van der Waals surface area contributed by atoms with Gasteiger partial charge in [-0.3, -0.25) is 19.5 Å². The molecule has 162 valence electrons. The molecule has 3 aromatic heterocycles. The second-order valence-corrected chi connectivity index (χ2v) is 10.4. The second kappa shape index (κ2) is 7.95. The van der Waals surface area contributed by atoms with Gasteiger partial charge in [-0.05, 0) is 54.7 Å². The molecule has 1 aliphatic carbocycles. The van der Waals surface area contributed by atoms with Crippen LogP contribution in [0.4, 0.5) is 10.8 Å². The van der Waals surface area contributed by atoms with Crippen molar-refractivity contribution in [3.63, 3.8) is 0 Å².